The van der Waals surface area contributed by atoms with Gasteiger partial charge in [0.05, 0.1) is 0 Å². The number of hydrogen-bond donors (Lipinski definition) is 0. The normalized spacial score (nSPS) is 6.00. The third-order valence-electron chi connectivity index (χ3n) is 0.805. The zero-order chi connectivity index (χ0) is 17.1. The molecule has 0 aromatic rings. The Hall–Kier alpha value is -1.78. The quantitative estimate of drug-likeness (QED) is 0.568. The van der Waals surface area contributed by atoms with Gasteiger partial charge in [0, 0.05) is 0 Å². The third-order valence-corrected chi connectivity index (χ3v) is 0.805. The molecule has 0 bridgehead atoms. The second-order valence-corrected chi connectivity index (χ2v) is 3.86. The molecule has 0 aromatic carbocycles. The molecule has 0 saturated carbocycles. The van der Waals surface area contributed by atoms with Crippen molar-refractivity contribution in [2.75, 3.05) is 0 Å². The monoisotopic (exact) mass is 352 g/mol. The fourth-order valence-electron chi connectivity index (χ4n) is 0. The van der Waals surface area contributed by atoms with E-state index in [4.69, 9.17) is 0 Å². The van der Waals surface area contributed by atoms with Crippen molar-refractivity contribution in [3.63, 3.8) is 0 Å². The lowest BCUT2D eigenvalue weighted by Crippen LogP contribution is -1.65. The Kier molecular flexibility index (Phi) is 53.0. The summed E-state index contributed by atoms with van der Waals surface area (Å²) in [5.74, 6) is 0. The summed E-state index contributed by atoms with van der Waals surface area (Å²) in [5, 5.41) is 0. The van der Waals surface area contributed by atoms with E-state index in [9.17, 15) is 19.2 Å². The number of rotatable bonds is 4. The van der Waals surface area contributed by atoms with Crippen molar-refractivity contribution in [1.29, 1.82) is 0 Å². The number of aldehydes is 4. The lowest BCUT2D eigenvalue weighted by molar-refractivity contribution is -0.105. The summed E-state index contributed by atoms with van der Waals surface area (Å²) in [6, 6.07) is 0. The second-order valence-electron chi connectivity index (χ2n) is 3.86. The van der Waals surface area contributed by atoms with Gasteiger partial charge >= 0.3 is 0 Å². The minimum atomic E-state index is 0. The van der Waals surface area contributed by atoms with Crippen LogP contribution in [0.3, 0.4) is 0 Å². The van der Waals surface area contributed by atoms with Gasteiger partial charge in [0.15, 0.2) is 0 Å². The van der Waals surface area contributed by atoms with Crippen molar-refractivity contribution in [3.05, 3.63) is 48.6 Å². The van der Waals surface area contributed by atoms with E-state index >= 15 is 0 Å². The fourth-order valence-corrected chi connectivity index (χ4v) is 0. The zero-order valence-electron chi connectivity index (χ0n) is 13.6. The molecule has 0 spiro atoms. The second kappa shape index (κ2) is 31.6. The summed E-state index contributed by atoms with van der Waals surface area (Å²) >= 11 is 0. The van der Waals surface area contributed by atoms with Crippen molar-refractivity contribution < 1.29 is 19.2 Å². The molecule has 6 heteroatoms. The highest BCUT2D eigenvalue weighted by molar-refractivity contribution is 5.85. The first-order valence-corrected chi connectivity index (χ1v) is 5.51. The molecule has 0 radical (unpaired) electrons. The number of halogens is 2. The Morgan fingerprint density at radius 2 is 0.545 bits per heavy atom. The van der Waals surface area contributed by atoms with E-state index < -0.39 is 0 Å². The van der Waals surface area contributed by atoms with Crippen LogP contribution in [-0.2, 0) is 19.2 Å². The largest absolute Gasteiger partial charge is 0.298 e. The van der Waals surface area contributed by atoms with Crippen LogP contribution in [0.25, 0.3) is 0 Å². The summed E-state index contributed by atoms with van der Waals surface area (Å²) in [6.07, 6.45) is 2.89. The maximum absolute atomic E-state index is 9.41. The SMILES string of the molecule is C=C(C)C=O.C=C(C)C=O.C=C(C)C=O.C=C(C)C=O.Cl.Cl. The highest BCUT2D eigenvalue weighted by atomic mass is 35.5. The van der Waals surface area contributed by atoms with Crippen LogP contribution in [0.15, 0.2) is 48.6 Å². The van der Waals surface area contributed by atoms with Crippen molar-refractivity contribution in [1.82, 2.24) is 0 Å². The number of hydrogen-bond acceptors (Lipinski definition) is 4. The van der Waals surface area contributed by atoms with Crippen LogP contribution in [0, 0.1) is 0 Å². The zero-order valence-corrected chi connectivity index (χ0v) is 15.2. The van der Waals surface area contributed by atoms with Gasteiger partial charge in [0.1, 0.15) is 25.1 Å². The van der Waals surface area contributed by atoms with Crippen LogP contribution in [-0.4, -0.2) is 25.1 Å². The molecule has 0 heterocycles. The van der Waals surface area contributed by atoms with E-state index in [-0.39, 0.29) is 24.8 Å². The van der Waals surface area contributed by atoms with Gasteiger partial charge < -0.3 is 0 Å². The van der Waals surface area contributed by atoms with Crippen molar-refractivity contribution in [2.45, 2.75) is 27.7 Å². The van der Waals surface area contributed by atoms with E-state index in [0.717, 1.165) is 25.1 Å². The van der Waals surface area contributed by atoms with Crippen molar-refractivity contribution in [3.8, 4) is 0 Å². The van der Waals surface area contributed by atoms with Crippen molar-refractivity contribution >= 4 is 50.0 Å². The lowest BCUT2D eigenvalue weighted by atomic mass is 10.4. The average Bonchev–Trinajstić information content (AvgIpc) is 2.40. The predicted octanol–water partition coefficient (Wildman–Crippen LogP) is 3.89. The highest BCUT2D eigenvalue weighted by Gasteiger charge is 1.67. The Balaban J connectivity index is -0.0000000376. The van der Waals surface area contributed by atoms with Crippen LogP contribution < -0.4 is 0 Å². The number of carbonyl (C=O) groups is 4. The molecule has 128 valence electrons. The minimum Gasteiger partial charge on any atom is -0.298 e. The maximum atomic E-state index is 9.41. The van der Waals surface area contributed by atoms with Crippen LogP contribution in [0.5, 0.6) is 0 Å². The van der Waals surface area contributed by atoms with E-state index in [1.54, 1.807) is 27.7 Å². The summed E-state index contributed by atoms with van der Waals surface area (Å²) in [7, 11) is 0. The molecule has 0 atom stereocenters. The summed E-state index contributed by atoms with van der Waals surface area (Å²) in [6.45, 7) is 19.9. The van der Waals surface area contributed by atoms with Gasteiger partial charge in [-0.2, -0.15) is 0 Å². The molecule has 0 N–H and O–H groups in total. The summed E-state index contributed by atoms with van der Waals surface area (Å²) in [4.78, 5) is 37.6. The van der Waals surface area contributed by atoms with Gasteiger partial charge in [-0.3, -0.25) is 19.2 Å². The molecule has 0 unspecified atom stereocenters. The predicted molar refractivity (Wildman–Crippen MR) is 98.0 cm³/mol. The molecular formula is C16H26Cl2O4. The first-order valence-electron chi connectivity index (χ1n) is 5.51. The van der Waals surface area contributed by atoms with Gasteiger partial charge in [-0.05, 0) is 50.0 Å². The molecule has 4 nitrogen and oxygen atoms in total. The summed E-state index contributed by atoms with van der Waals surface area (Å²) in [5.41, 5.74) is 2.30. The first kappa shape index (κ1) is 36.9. The number of carbonyl (C=O) groups excluding carboxylic acids is 4. The van der Waals surface area contributed by atoms with Crippen LogP contribution in [0.1, 0.15) is 27.7 Å². The van der Waals surface area contributed by atoms with Crippen LogP contribution in [0.2, 0.25) is 0 Å². The lowest BCUT2D eigenvalue weighted by Gasteiger charge is -1.65. The molecule has 22 heavy (non-hydrogen) atoms. The molecule has 0 fully saturated rings. The topological polar surface area (TPSA) is 68.3 Å². The standard InChI is InChI=1S/4C4H6O.2ClH/c4*1-4(2)3-5;;/h4*3H,1H2,2H3;2*1H. The molecule has 0 aliphatic carbocycles. The third kappa shape index (κ3) is 140. The maximum Gasteiger partial charge on any atom is 0.145 e. The highest BCUT2D eigenvalue weighted by Crippen LogP contribution is 1.72. The number of allylic oxidation sites excluding steroid dienone is 4. The first-order chi connectivity index (χ1) is 9.08. The van der Waals surface area contributed by atoms with E-state index in [2.05, 4.69) is 26.3 Å². The van der Waals surface area contributed by atoms with E-state index in [0.29, 0.717) is 22.3 Å². The average molecular weight is 353 g/mol. The van der Waals surface area contributed by atoms with Gasteiger partial charge in [-0.15, -0.1) is 24.8 Å². The van der Waals surface area contributed by atoms with Gasteiger partial charge in [-0.1, -0.05) is 26.3 Å². The molecule has 0 saturated heterocycles. The molecule has 0 rings (SSSR count). The summed E-state index contributed by atoms with van der Waals surface area (Å²) < 4.78 is 0. The Morgan fingerprint density at radius 1 is 0.500 bits per heavy atom. The molecule has 0 amide bonds. The van der Waals surface area contributed by atoms with Crippen molar-refractivity contribution in [2.24, 2.45) is 0 Å². The van der Waals surface area contributed by atoms with Crippen LogP contribution in [0.4, 0.5) is 0 Å². The van der Waals surface area contributed by atoms with Gasteiger partial charge in [-0.25, -0.2) is 0 Å². The van der Waals surface area contributed by atoms with Gasteiger partial charge in [0.2, 0.25) is 0 Å². The molecular weight excluding hydrogens is 327 g/mol. The van der Waals surface area contributed by atoms with E-state index in [1.807, 2.05) is 0 Å². The van der Waals surface area contributed by atoms with E-state index in [1.165, 1.54) is 0 Å². The minimum absolute atomic E-state index is 0. The Labute approximate surface area is 145 Å². The Morgan fingerprint density at radius 3 is 0.545 bits per heavy atom. The Bertz CT molecular complexity index is 300. The fraction of sp³-hybridized carbons (Fsp3) is 0.250. The van der Waals surface area contributed by atoms with Gasteiger partial charge in [0.25, 0.3) is 0 Å². The molecule has 0 aromatic heterocycles. The molecule has 0 aliphatic rings. The molecule has 0 aliphatic heterocycles. The van der Waals surface area contributed by atoms with Crippen LogP contribution >= 0.6 is 24.8 Å². The smallest absolute Gasteiger partial charge is 0.145 e.